The van der Waals surface area contributed by atoms with Crippen LogP contribution in [-0.4, -0.2) is 9.55 Å². The molecule has 0 bridgehead atoms. The monoisotopic (exact) mass is 180 g/mol. The summed E-state index contributed by atoms with van der Waals surface area (Å²) in [5, 5.41) is 0. The first-order chi connectivity index (χ1) is 6.13. The van der Waals surface area contributed by atoms with E-state index in [1.165, 1.54) is 0 Å². The molecule has 0 aliphatic carbocycles. The Morgan fingerprint density at radius 2 is 2.31 bits per heavy atom. The fourth-order valence-electron chi connectivity index (χ4n) is 1.12. The van der Waals surface area contributed by atoms with E-state index in [1.807, 2.05) is 19.2 Å². The highest BCUT2D eigenvalue weighted by atomic mass is 16.1. The molecule has 0 saturated carbocycles. The second-order valence-corrected chi connectivity index (χ2v) is 3.52. The molecule has 1 unspecified atom stereocenters. The third kappa shape index (κ3) is 2.68. The number of nitrogens with zero attached hydrogens (tertiary/aromatic N) is 2. The van der Waals surface area contributed by atoms with Gasteiger partial charge in [0.2, 0.25) is 0 Å². The van der Waals surface area contributed by atoms with Crippen LogP contribution in [0.4, 0.5) is 0 Å². The van der Waals surface area contributed by atoms with Crippen molar-refractivity contribution in [1.82, 2.24) is 9.55 Å². The molecule has 1 aromatic rings. The Balaban J connectivity index is 2.84. The lowest BCUT2D eigenvalue weighted by atomic mass is 10.1. The van der Waals surface area contributed by atoms with Gasteiger partial charge in [-0.2, -0.15) is 4.98 Å². The van der Waals surface area contributed by atoms with Crippen LogP contribution in [0.3, 0.4) is 0 Å². The summed E-state index contributed by atoms with van der Waals surface area (Å²) in [4.78, 5) is 15.2. The number of aryl methyl sites for hydroxylation is 1. The molecule has 0 fully saturated rings. The van der Waals surface area contributed by atoms with Gasteiger partial charge in [-0.05, 0) is 18.9 Å². The standard InChI is InChI=1S/C10H16N2O/c1-4-8(2)7-12-6-5-9(3)11-10(12)13/h5-6,8H,4,7H2,1-3H3. The van der Waals surface area contributed by atoms with Gasteiger partial charge in [0.15, 0.2) is 0 Å². The first kappa shape index (κ1) is 9.96. The molecule has 0 radical (unpaired) electrons. The van der Waals surface area contributed by atoms with Gasteiger partial charge < -0.3 is 0 Å². The molecular weight excluding hydrogens is 164 g/mol. The molecule has 0 N–H and O–H groups in total. The van der Waals surface area contributed by atoms with Crippen LogP contribution in [0.25, 0.3) is 0 Å². The summed E-state index contributed by atoms with van der Waals surface area (Å²) in [7, 11) is 0. The van der Waals surface area contributed by atoms with Crippen LogP contribution in [0.2, 0.25) is 0 Å². The van der Waals surface area contributed by atoms with Crippen LogP contribution in [0, 0.1) is 12.8 Å². The summed E-state index contributed by atoms with van der Waals surface area (Å²) in [6.45, 7) is 6.85. The number of hydrogen-bond acceptors (Lipinski definition) is 2. The third-order valence-corrected chi connectivity index (χ3v) is 2.22. The first-order valence-corrected chi connectivity index (χ1v) is 4.67. The minimum atomic E-state index is -0.139. The van der Waals surface area contributed by atoms with E-state index in [9.17, 15) is 4.79 Å². The highest BCUT2D eigenvalue weighted by Crippen LogP contribution is 2.02. The van der Waals surface area contributed by atoms with Crippen molar-refractivity contribution in [1.29, 1.82) is 0 Å². The Morgan fingerprint density at radius 3 is 2.85 bits per heavy atom. The fourth-order valence-corrected chi connectivity index (χ4v) is 1.12. The molecule has 1 heterocycles. The van der Waals surface area contributed by atoms with E-state index in [0.29, 0.717) is 5.92 Å². The molecule has 13 heavy (non-hydrogen) atoms. The molecule has 0 saturated heterocycles. The van der Waals surface area contributed by atoms with Gasteiger partial charge in [0, 0.05) is 18.4 Å². The minimum Gasteiger partial charge on any atom is -0.299 e. The van der Waals surface area contributed by atoms with Gasteiger partial charge in [-0.15, -0.1) is 0 Å². The minimum absolute atomic E-state index is 0.139. The van der Waals surface area contributed by atoms with Crippen molar-refractivity contribution >= 4 is 0 Å². The molecule has 1 atom stereocenters. The second-order valence-electron chi connectivity index (χ2n) is 3.52. The van der Waals surface area contributed by atoms with Crippen LogP contribution in [0.15, 0.2) is 17.1 Å². The van der Waals surface area contributed by atoms with Crippen molar-refractivity contribution in [2.24, 2.45) is 5.92 Å². The summed E-state index contributed by atoms with van der Waals surface area (Å²) >= 11 is 0. The summed E-state index contributed by atoms with van der Waals surface area (Å²) in [6.07, 6.45) is 2.90. The first-order valence-electron chi connectivity index (χ1n) is 4.67. The molecule has 0 aliphatic heterocycles. The molecule has 0 aromatic carbocycles. The van der Waals surface area contributed by atoms with E-state index in [2.05, 4.69) is 18.8 Å². The van der Waals surface area contributed by atoms with Crippen molar-refractivity contribution in [2.75, 3.05) is 0 Å². The zero-order valence-electron chi connectivity index (χ0n) is 8.45. The molecule has 72 valence electrons. The van der Waals surface area contributed by atoms with Gasteiger partial charge in [0.25, 0.3) is 0 Å². The van der Waals surface area contributed by atoms with Gasteiger partial charge in [-0.1, -0.05) is 20.3 Å². The van der Waals surface area contributed by atoms with Gasteiger partial charge in [-0.3, -0.25) is 4.57 Å². The maximum absolute atomic E-state index is 11.3. The molecular formula is C10H16N2O. The fraction of sp³-hybridized carbons (Fsp3) is 0.600. The van der Waals surface area contributed by atoms with Crippen LogP contribution >= 0.6 is 0 Å². The smallest absolute Gasteiger partial charge is 0.299 e. The number of aromatic nitrogens is 2. The van der Waals surface area contributed by atoms with E-state index in [4.69, 9.17) is 0 Å². The molecule has 1 aromatic heterocycles. The van der Waals surface area contributed by atoms with Crippen molar-refractivity contribution < 1.29 is 0 Å². The Morgan fingerprint density at radius 1 is 1.62 bits per heavy atom. The SMILES string of the molecule is CCC(C)Cn1ccc(C)nc1=O. The van der Waals surface area contributed by atoms with Crippen molar-refractivity contribution in [2.45, 2.75) is 33.7 Å². The molecule has 3 nitrogen and oxygen atoms in total. The average Bonchev–Trinajstić information content (AvgIpc) is 2.09. The molecule has 3 heteroatoms. The lowest BCUT2D eigenvalue weighted by Gasteiger charge is -2.09. The van der Waals surface area contributed by atoms with Crippen LogP contribution in [0.5, 0.6) is 0 Å². The van der Waals surface area contributed by atoms with Crippen molar-refractivity contribution in [3.05, 3.63) is 28.4 Å². The Kier molecular flexibility index (Phi) is 3.23. The Labute approximate surface area is 78.4 Å². The molecule has 0 amide bonds. The predicted molar refractivity (Wildman–Crippen MR) is 52.7 cm³/mol. The quantitative estimate of drug-likeness (QED) is 0.708. The van der Waals surface area contributed by atoms with Crippen molar-refractivity contribution in [3.63, 3.8) is 0 Å². The highest BCUT2D eigenvalue weighted by Gasteiger charge is 2.02. The molecule has 0 aliphatic rings. The molecule has 1 rings (SSSR count). The van der Waals surface area contributed by atoms with Gasteiger partial charge in [0.1, 0.15) is 0 Å². The zero-order chi connectivity index (χ0) is 9.84. The number of rotatable bonds is 3. The summed E-state index contributed by atoms with van der Waals surface area (Å²) in [6, 6.07) is 1.86. The van der Waals surface area contributed by atoms with Gasteiger partial charge >= 0.3 is 5.69 Å². The lowest BCUT2D eigenvalue weighted by molar-refractivity contribution is 0.454. The number of hydrogen-bond donors (Lipinski definition) is 0. The van der Waals surface area contributed by atoms with E-state index in [1.54, 1.807) is 4.57 Å². The van der Waals surface area contributed by atoms with E-state index in [0.717, 1.165) is 18.7 Å². The largest absolute Gasteiger partial charge is 0.347 e. The van der Waals surface area contributed by atoms with E-state index < -0.39 is 0 Å². The van der Waals surface area contributed by atoms with Crippen LogP contribution in [0.1, 0.15) is 26.0 Å². The van der Waals surface area contributed by atoms with Crippen molar-refractivity contribution in [3.8, 4) is 0 Å². The van der Waals surface area contributed by atoms with Gasteiger partial charge in [0.05, 0.1) is 0 Å². The summed E-state index contributed by atoms with van der Waals surface area (Å²) in [5.74, 6) is 0.530. The normalized spacial score (nSPS) is 12.8. The van der Waals surface area contributed by atoms with Crippen LogP contribution in [-0.2, 0) is 6.54 Å². The zero-order valence-corrected chi connectivity index (χ0v) is 8.45. The summed E-state index contributed by atoms with van der Waals surface area (Å²) in [5.41, 5.74) is 0.644. The van der Waals surface area contributed by atoms with Crippen LogP contribution < -0.4 is 5.69 Å². The average molecular weight is 180 g/mol. The Bertz CT molecular complexity index is 330. The third-order valence-electron chi connectivity index (χ3n) is 2.22. The molecule has 0 spiro atoms. The van der Waals surface area contributed by atoms with E-state index >= 15 is 0 Å². The maximum Gasteiger partial charge on any atom is 0.347 e. The predicted octanol–water partition coefficient (Wildman–Crippen LogP) is 1.60. The lowest BCUT2D eigenvalue weighted by Crippen LogP contribution is -2.25. The maximum atomic E-state index is 11.3. The Hall–Kier alpha value is -1.12. The topological polar surface area (TPSA) is 34.9 Å². The second kappa shape index (κ2) is 4.21. The highest BCUT2D eigenvalue weighted by molar-refractivity contribution is 4.95. The van der Waals surface area contributed by atoms with E-state index in [-0.39, 0.29) is 5.69 Å². The summed E-state index contributed by atoms with van der Waals surface area (Å²) < 4.78 is 1.67. The van der Waals surface area contributed by atoms with Gasteiger partial charge in [-0.25, -0.2) is 4.79 Å².